The average Bonchev–Trinajstić information content (AvgIpc) is 2.79. The molecule has 0 aromatic heterocycles. The van der Waals surface area contributed by atoms with Crippen LogP contribution in [0.3, 0.4) is 0 Å². The van der Waals surface area contributed by atoms with Gasteiger partial charge in [0, 0.05) is 12.3 Å². The predicted octanol–water partition coefficient (Wildman–Crippen LogP) is 7.46. The largest absolute Gasteiger partial charge is 0.196 e. The summed E-state index contributed by atoms with van der Waals surface area (Å²) in [5, 5.41) is 20.3. The number of nitrogens with zero attached hydrogens (tertiary/aromatic N) is 2. The molecule has 0 amide bonds. The quantitative estimate of drug-likeness (QED) is 0.448. The van der Waals surface area contributed by atoms with E-state index in [1.165, 1.54) is 5.56 Å². The van der Waals surface area contributed by atoms with E-state index in [0.717, 1.165) is 24.0 Å². The van der Waals surface area contributed by atoms with Crippen LogP contribution in [-0.2, 0) is 0 Å². The molecule has 0 heterocycles. The molecule has 2 aromatic rings. The van der Waals surface area contributed by atoms with Gasteiger partial charge in [-0.2, -0.15) is 10.5 Å². The van der Waals surface area contributed by atoms with Gasteiger partial charge in [0.15, 0.2) is 5.41 Å². The maximum atomic E-state index is 10.1. The Bertz CT molecular complexity index is 1020. The summed E-state index contributed by atoms with van der Waals surface area (Å²) in [6.07, 6.45) is 10.6. The fourth-order valence-corrected chi connectivity index (χ4v) is 4.61. The predicted molar refractivity (Wildman–Crippen MR) is 128 cm³/mol. The van der Waals surface area contributed by atoms with Crippen molar-refractivity contribution >= 4 is 6.08 Å². The molecule has 156 valence electrons. The van der Waals surface area contributed by atoms with Crippen molar-refractivity contribution in [3.05, 3.63) is 102 Å². The number of hydrogen-bond donors (Lipinski definition) is 0. The molecule has 2 unspecified atom stereocenters. The number of allylic oxidation sites excluding steroid dienone is 4. The van der Waals surface area contributed by atoms with Crippen LogP contribution < -0.4 is 0 Å². The summed E-state index contributed by atoms with van der Waals surface area (Å²) in [5.41, 5.74) is 2.06. The van der Waals surface area contributed by atoms with Crippen molar-refractivity contribution in [3.8, 4) is 12.1 Å². The van der Waals surface area contributed by atoms with Crippen LogP contribution in [0.2, 0.25) is 0 Å². The van der Waals surface area contributed by atoms with Gasteiger partial charge >= 0.3 is 0 Å². The molecular weight excluding hydrogens is 376 g/mol. The molecule has 31 heavy (non-hydrogen) atoms. The Balaban J connectivity index is 2.14. The number of hydrogen-bond acceptors (Lipinski definition) is 2. The van der Waals surface area contributed by atoms with Gasteiger partial charge < -0.3 is 0 Å². The molecule has 2 nitrogen and oxygen atoms in total. The molecule has 0 bridgehead atoms. The van der Waals surface area contributed by atoms with E-state index in [9.17, 15) is 10.5 Å². The van der Waals surface area contributed by atoms with Gasteiger partial charge in [-0.25, -0.2) is 0 Å². The van der Waals surface area contributed by atoms with Gasteiger partial charge in [0.1, 0.15) is 0 Å². The van der Waals surface area contributed by atoms with Crippen LogP contribution in [0.1, 0.15) is 50.2 Å². The van der Waals surface area contributed by atoms with Crippen molar-refractivity contribution in [1.82, 2.24) is 0 Å². The van der Waals surface area contributed by atoms with Gasteiger partial charge in [0.05, 0.1) is 12.1 Å². The summed E-state index contributed by atoms with van der Waals surface area (Å²) in [4.78, 5) is 0. The lowest BCUT2D eigenvalue weighted by atomic mass is 9.61. The van der Waals surface area contributed by atoms with Gasteiger partial charge in [-0.15, -0.1) is 6.58 Å². The third kappa shape index (κ3) is 5.04. The van der Waals surface area contributed by atoms with E-state index >= 15 is 0 Å². The first-order valence-corrected chi connectivity index (χ1v) is 10.9. The van der Waals surface area contributed by atoms with E-state index in [4.69, 9.17) is 0 Å². The van der Waals surface area contributed by atoms with Crippen molar-refractivity contribution in [1.29, 1.82) is 10.5 Å². The molecule has 0 fully saturated rings. The minimum atomic E-state index is -1.18. The summed E-state index contributed by atoms with van der Waals surface area (Å²) >= 11 is 0. The van der Waals surface area contributed by atoms with Crippen LogP contribution in [0.15, 0.2) is 91.0 Å². The van der Waals surface area contributed by atoms with Gasteiger partial charge in [0.2, 0.25) is 0 Å². The zero-order valence-electron chi connectivity index (χ0n) is 18.5. The van der Waals surface area contributed by atoms with Gasteiger partial charge in [0.25, 0.3) is 0 Å². The summed E-state index contributed by atoms with van der Waals surface area (Å²) in [5.74, 6) is 0.157. The Hall–Kier alpha value is -3.36. The van der Waals surface area contributed by atoms with Crippen molar-refractivity contribution in [3.63, 3.8) is 0 Å². The fourth-order valence-electron chi connectivity index (χ4n) is 4.61. The van der Waals surface area contributed by atoms with Gasteiger partial charge in [-0.3, -0.25) is 0 Å². The van der Waals surface area contributed by atoms with Crippen LogP contribution in [-0.4, -0.2) is 0 Å². The van der Waals surface area contributed by atoms with E-state index in [1.807, 2.05) is 24.3 Å². The van der Waals surface area contributed by atoms with E-state index < -0.39 is 5.41 Å². The highest BCUT2D eigenvalue weighted by Crippen LogP contribution is 2.50. The lowest BCUT2D eigenvalue weighted by molar-refractivity contribution is 0.306. The summed E-state index contributed by atoms with van der Waals surface area (Å²) < 4.78 is 0. The molecule has 0 saturated heterocycles. The molecule has 0 radical (unpaired) electrons. The third-order valence-electron chi connectivity index (χ3n) is 6.28. The Kier molecular flexibility index (Phi) is 6.94. The maximum absolute atomic E-state index is 10.1. The lowest BCUT2D eigenvalue weighted by Crippen LogP contribution is -2.33. The second kappa shape index (κ2) is 9.63. The minimum absolute atomic E-state index is 0.0453. The Morgan fingerprint density at radius 1 is 1.06 bits per heavy atom. The highest BCUT2D eigenvalue weighted by atomic mass is 14.5. The second-order valence-corrected chi connectivity index (χ2v) is 9.06. The van der Waals surface area contributed by atoms with E-state index in [-0.39, 0.29) is 17.3 Å². The third-order valence-corrected chi connectivity index (χ3v) is 6.28. The van der Waals surface area contributed by atoms with Crippen LogP contribution in [0.5, 0.6) is 0 Å². The first-order valence-electron chi connectivity index (χ1n) is 10.9. The Labute approximate surface area is 186 Å². The smallest absolute Gasteiger partial charge is 0.168 e. The monoisotopic (exact) mass is 406 g/mol. The first kappa shape index (κ1) is 22.3. The molecule has 2 aromatic carbocycles. The zero-order chi connectivity index (χ0) is 22.3. The highest BCUT2D eigenvalue weighted by molar-refractivity contribution is 5.52. The summed E-state index contributed by atoms with van der Waals surface area (Å²) in [6, 6.07) is 25.4. The van der Waals surface area contributed by atoms with Crippen LogP contribution >= 0.6 is 0 Å². The Morgan fingerprint density at radius 3 is 2.26 bits per heavy atom. The van der Waals surface area contributed by atoms with Gasteiger partial charge in [-0.05, 0) is 40.9 Å². The Morgan fingerprint density at radius 2 is 1.68 bits per heavy atom. The van der Waals surface area contributed by atoms with Crippen molar-refractivity contribution < 1.29 is 0 Å². The summed E-state index contributed by atoms with van der Waals surface area (Å²) in [7, 11) is 0. The van der Waals surface area contributed by atoms with E-state index in [2.05, 4.69) is 87.2 Å². The zero-order valence-corrected chi connectivity index (χ0v) is 18.5. The van der Waals surface area contributed by atoms with Crippen LogP contribution in [0.25, 0.3) is 6.08 Å². The molecule has 3 rings (SSSR count). The number of nitriles is 2. The molecule has 1 aliphatic rings. The molecule has 1 aliphatic carbocycles. The van der Waals surface area contributed by atoms with E-state index in [0.29, 0.717) is 6.42 Å². The van der Waals surface area contributed by atoms with Crippen molar-refractivity contribution in [2.24, 2.45) is 16.7 Å². The molecule has 0 spiro atoms. The normalized spacial score (nSPS) is 19.1. The molecule has 0 saturated carbocycles. The molecule has 2 heteroatoms. The van der Waals surface area contributed by atoms with Crippen molar-refractivity contribution in [2.45, 2.75) is 39.0 Å². The van der Waals surface area contributed by atoms with Crippen LogP contribution in [0, 0.1) is 39.4 Å². The van der Waals surface area contributed by atoms with Crippen molar-refractivity contribution in [2.75, 3.05) is 0 Å². The second-order valence-electron chi connectivity index (χ2n) is 9.06. The SMILES string of the molecule is C=CCC(C#N)(C#N)C1=CC(C)(C)CCC1C(C=Cc1ccccc1)c1ccccc1. The summed E-state index contributed by atoms with van der Waals surface area (Å²) in [6.45, 7) is 8.21. The fraction of sp³-hybridized carbons (Fsp3) is 0.310. The van der Waals surface area contributed by atoms with Crippen LogP contribution in [0.4, 0.5) is 0 Å². The minimum Gasteiger partial charge on any atom is -0.196 e. The van der Waals surface area contributed by atoms with E-state index in [1.54, 1.807) is 6.08 Å². The first-order chi connectivity index (χ1) is 14.9. The molecule has 0 N–H and O–H groups in total. The molecule has 0 aliphatic heterocycles. The maximum Gasteiger partial charge on any atom is 0.168 e. The van der Waals surface area contributed by atoms with Gasteiger partial charge in [-0.1, -0.05) is 98.8 Å². The number of rotatable bonds is 7. The highest BCUT2D eigenvalue weighted by Gasteiger charge is 2.44. The lowest BCUT2D eigenvalue weighted by Gasteiger charge is -2.41. The molecular formula is C29H30N2. The number of benzene rings is 2. The average molecular weight is 407 g/mol. The topological polar surface area (TPSA) is 47.6 Å². The standard InChI is InChI=1S/C29H30N2/c1-4-18-29(21-30,22-31)27-20-28(2,3)19-17-26(27)25(24-13-9-6-10-14-24)16-15-23-11-7-5-8-12-23/h4-16,20,25-26H,1,17-19H2,2-3H3. The molecule has 2 atom stereocenters.